The van der Waals surface area contributed by atoms with Gasteiger partial charge in [0.1, 0.15) is 0 Å². The first kappa shape index (κ1) is 20.8. The Kier molecular flexibility index (Phi) is 5.75. The van der Waals surface area contributed by atoms with Gasteiger partial charge in [-0.3, -0.25) is 9.59 Å². The van der Waals surface area contributed by atoms with E-state index in [0.29, 0.717) is 24.2 Å². The Labute approximate surface area is 177 Å². The zero-order valence-corrected chi connectivity index (χ0v) is 18.0. The molecule has 2 aromatic rings. The standard InChI is InChI=1S/C23H26N2O4S/c1-17(26)19-7-4-8-22(16-19)30(28,29)25-13-11-24(12-14-25)23(27)21-10-9-18-5-2-3-6-20(18)15-21/h4,7-10,15-16H,2-3,5-6,11-14H2,1H3. The van der Waals surface area contributed by atoms with Crippen LogP contribution < -0.4 is 0 Å². The van der Waals surface area contributed by atoms with Gasteiger partial charge in [-0.1, -0.05) is 18.2 Å². The minimum absolute atomic E-state index is 0.0426. The van der Waals surface area contributed by atoms with E-state index in [0.717, 1.165) is 19.3 Å². The molecule has 2 aromatic carbocycles. The molecule has 4 rings (SSSR count). The van der Waals surface area contributed by atoms with Gasteiger partial charge < -0.3 is 4.90 Å². The molecule has 0 aromatic heterocycles. The third-order valence-electron chi connectivity index (χ3n) is 6.00. The SMILES string of the molecule is CC(=O)c1cccc(S(=O)(=O)N2CCN(C(=O)c3ccc4c(c3)CCCC4)CC2)c1. The molecule has 0 unspecified atom stereocenters. The van der Waals surface area contributed by atoms with Gasteiger partial charge in [-0.05, 0) is 68.0 Å². The first-order valence-corrected chi connectivity index (χ1v) is 11.8. The highest BCUT2D eigenvalue weighted by molar-refractivity contribution is 7.89. The highest BCUT2D eigenvalue weighted by Crippen LogP contribution is 2.24. The van der Waals surface area contributed by atoms with E-state index in [1.807, 2.05) is 12.1 Å². The number of aryl methyl sites for hydroxylation is 2. The fourth-order valence-corrected chi connectivity index (χ4v) is 5.67. The Morgan fingerprint density at radius 1 is 0.833 bits per heavy atom. The van der Waals surface area contributed by atoms with E-state index in [2.05, 4.69) is 6.07 Å². The van der Waals surface area contributed by atoms with Gasteiger partial charge in [-0.25, -0.2) is 8.42 Å². The molecule has 30 heavy (non-hydrogen) atoms. The van der Waals surface area contributed by atoms with Crippen molar-refractivity contribution in [3.8, 4) is 0 Å². The van der Waals surface area contributed by atoms with Crippen LogP contribution in [0.15, 0.2) is 47.4 Å². The van der Waals surface area contributed by atoms with Crippen molar-refractivity contribution >= 4 is 21.7 Å². The van der Waals surface area contributed by atoms with Gasteiger partial charge in [0.2, 0.25) is 10.0 Å². The second-order valence-electron chi connectivity index (χ2n) is 7.97. The van der Waals surface area contributed by atoms with Crippen LogP contribution in [0.3, 0.4) is 0 Å². The van der Waals surface area contributed by atoms with Crippen molar-refractivity contribution < 1.29 is 18.0 Å². The average Bonchev–Trinajstić information content (AvgIpc) is 2.78. The summed E-state index contributed by atoms with van der Waals surface area (Å²) in [6.45, 7) is 2.59. The van der Waals surface area contributed by atoms with Gasteiger partial charge in [-0.15, -0.1) is 0 Å². The number of carbonyl (C=O) groups excluding carboxylic acids is 2. The number of sulfonamides is 1. The summed E-state index contributed by atoms with van der Waals surface area (Å²) in [7, 11) is -3.70. The summed E-state index contributed by atoms with van der Waals surface area (Å²) in [5, 5.41) is 0. The number of Topliss-reactive ketones (excluding diaryl/α,β-unsaturated/α-hetero) is 1. The second kappa shape index (κ2) is 8.32. The maximum absolute atomic E-state index is 13.0. The molecule has 1 fully saturated rings. The molecule has 0 spiro atoms. The predicted octanol–water partition coefficient (Wildman–Crippen LogP) is 2.91. The molecule has 1 amide bonds. The van der Waals surface area contributed by atoms with E-state index >= 15 is 0 Å². The van der Waals surface area contributed by atoms with E-state index < -0.39 is 10.0 Å². The number of fused-ring (bicyclic) bond motifs is 1. The first-order chi connectivity index (χ1) is 14.4. The number of hydrogen-bond acceptors (Lipinski definition) is 4. The first-order valence-electron chi connectivity index (χ1n) is 10.4. The van der Waals surface area contributed by atoms with Crippen molar-refractivity contribution in [2.24, 2.45) is 0 Å². The van der Waals surface area contributed by atoms with Crippen molar-refractivity contribution in [2.45, 2.75) is 37.5 Å². The van der Waals surface area contributed by atoms with Crippen LogP contribution in [-0.4, -0.2) is 55.5 Å². The summed E-state index contributed by atoms with van der Waals surface area (Å²) < 4.78 is 27.4. The van der Waals surface area contributed by atoms with Gasteiger partial charge in [0, 0.05) is 37.3 Å². The van der Waals surface area contributed by atoms with Crippen LogP contribution in [0.5, 0.6) is 0 Å². The number of nitrogens with zero attached hydrogens (tertiary/aromatic N) is 2. The van der Waals surface area contributed by atoms with Gasteiger partial charge in [0.05, 0.1) is 4.90 Å². The summed E-state index contributed by atoms with van der Waals surface area (Å²) >= 11 is 0. The third kappa shape index (κ3) is 4.04. The number of rotatable bonds is 4. The normalized spacial score (nSPS) is 17.4. The smallest absolute Gasteiger partial charge is 0.253 e. The van der Waals surface area contributed by atoms with Gasteiger partial charge >= 0.3 is 0 Å². The molecular formula is C23H26N2O4S. The molecule has 1 saturated heterocycles. The lowest BCUT2D eigenvalue weighted by molar-refractivity contribution is 0.0697. The summed E-state index contributed by atoms with van der Waals surface area (Å²) in [6.07, 6.45) is 4.45. The molecular weight excluding hydrogens is 400 g/mol. The van der Waals surface area contributed by atoms with E-state index in [9.17, 15) is 18.0 Å². The quantitative estimate of drug-likeness (QED) is 0.705. The zero-order valence-electron chi connectivity index (χ0n) is 17.1. The summed E-state index contributed by atoms with van der Waals surface area (Å²) in [6, 6.07) is 12.1. The fraction of sp³-hybridized carbons (Fsp3) is 0.391. The molecule has 0 saturated carbocycles. The van der Waals surface area contributed by atoms with Gasteiger partial charge in [-0.2, -0.15) is 4.31 Å². The number of carbonyl (C=O) groups is 2. The lowest BCUT2D eigenvalue weighted by Crippen LogP contribution is -2.50. The highest BCUT2D eigenvalue weighted by Gasteiger charge is 2.31. The maximum atomic E-state index is 13.0. The van der Waals surface area contributed by atoms with E-state index in [4.69, 9.17) is 0 Å². The van der Waals surface area contributed by atoms with Crippen LogP contribution in [0, 0.1) is 0 Å². The van der Waals surface area contributed by atoms with Crippen molar-refractivity contribution in [1.29, 1.82) is 0 Å². The van der Waals surface area contributed by atoms with Crippen molar-refractivity contribution in [2.75, 3.05) is 26.2 Å². The molecule has 6 nitrogen and oxygen atoms in total. The molecule has 1 aliphatic carbocycles. The van der Waals surface area contributed by atoms with Crippen LogP contribution in [0.25, 0.3) is 0 Å². The monoisotopic (exact) mass is 426 g/mol. The Morgan fingerprint density at radius 2 is 1.53 bits per heavy atom. The Bertz CT molecular complexity index is 1090. The predicted molar refractivity (Wildman–Crippen MR) is 114 cm³/mol. The summed E-state index contributed by atoms with van der Waals surface area (Å²) in [5.41, 5.74) is 3.65. The number of hydrogen-bond donors (Lipinski definition) is 0. The van der Waals surface area contributed by atoms with Crippen LogP contribution >= 0.6 is 0 Å². The molecule has 2 aliphatic rings. The molecule has 0 atom stereocenters. The van der Waals surface area contributed by atoms with Crippen LogP contribution in [0.2, 0.25) is 0 Å². The molecule has 1 aliphatic heterocycles. The molecule has 0 N–H and O–H groups in total. The minimum Gasteiger partial charge on any atom is -0.336 e. The van der Waals surface area contributed by atoms with E-state index in [1.165, 1.54) is 40.9 Å². The van der Waals surface area contributed by atoms with Crippen molar-refractivity contribution in [3.05, 3.63) is 64.7 Å². The average molecular weight is 427 g/mol. The van der Waals surface area contributed by atoms with Crippen LogP contribution in [-0.2, 0) is 22.9 Å². The third-order valence-corrected chi connectivity index (χ3v) is 7.89. The number of ketones is 1. The fourth-order valence-electron chi connectivity index (χ4n) is 4.21. The largest absolute Gasteiger partial charge is 0.336 e. The summed E-state index contributed by atoms with van der Waals surface area (Å²) in [4.78, 5) is 26.4. The zero-order chi connectivity index (χ0) is 21.3. The van der Waals surface area contributed by atoms with Crippen LogP contribution in [0.1, 0.15) is 51.6 Å². The molecule has 158 valence electrons. The van der Waals surface area contributed by atoms with E-state index in [-0.39, 0.29) is 29.7 Å². The summed E-state index contributed by atoms with van der Waals surface area (Å²) in [5.74, 6) is -0.216. The van der Waals surface area contributed by atoms with E-state index in [1.54, 1.807) is 17.0 Å². The minimum atomic E-state index is -3.70. The molecule has 7 heteroatoms. The van der Waals surface area contributed by atoms with Gasteiger partial charge in [0.25, 0.3) is 5.91 Å². The molecule has 0 radical (unpaired) electrons. The molecule has 0 bridgehead atoms. The van der Waals surface area contributed by atoms with Crippen molar-refractivity contribution in [3.63, 3.8) is 0 Å². The molecule has 1 heterocycles. The topological polar surface area (TPSA) is 74.8 Å². The maximum Gasteiger partial charge on any atom is 0.253 e. The lowest BCUT2D eigenvalue weighted by atomic mass is 9.90. The number of amides is 1. The van der Waals surface area contributed by atoms with Crippen molar-refractivity contribution in [1.82, 2.24) is 9.21 Å². The Morgan fingerprint density at radius 3 is 2.23 bits per heavy atom. The number of piperazine rings is 1. The van der Waals surface area contributed by atoms with Gasteiger partial charge in [0.15, 0.2) is 5.78 Å². The highest BCUT2D eigenvalue weighted by atomic mass is 32.2. The lowest BCUT2D eigenvalue weighted by Gasteiger charge is -2.34. The van der Waals surface area contributed by atoms with Crippen LogP contribution in [0.4, 0.5) is 0 Å². The number of benzene rings is 2. The Hall–Kier alpha value is -2.51. The second-order valence-corrected chi connectivity index (χ2v) is 9.91. The Balaban J connectivity index is 1.45.